The normalized spacial score (nSPS) is 13.5. The second kappa shape index (κ2) is 6.02. The number of rotatable bonds is 5. The summed E-state index contributed by atoms with van der Waals surface area (Å²) < 4.78 is 1.24. The van der Waals surface area contributed by atoms with Gasteiger partial charge in [-0.2, -0.15) is 0 Å². The molecule has 0 saturated heterocycles. The first-order valence-electron chi connectivity index (χ1n) is 5.55. The zero-order chi connectivity index (χ0) is 11.4. The average Bonchev–Trinajstić information content (AvgIpc) is 2.46. The van der Waals surface area contributed by atoms with E-state index in [0.717, 1.165) is 6.54 Å². The molecule has 1 unspecified atom stereocenters. The highest BCUT2D eigenvalue weighted by atomic mass is 79.9. The Morgan fingerprint density at radius 1 is 1.47 bits per heavy atom. The van der Waals surface area contributed by atoms with Gasteiger partial charge in [0.05, 0.1) is 3.79 Å². The van der Waals surface area contributed by atoms with E-state index in [1.165, 1.54) is 20.6 Å². The standard InChI is InChI=1S/C12H20BrNS/c1-5-6-14-12(8(2)3)10-7-11(13)15-9(10)4/h7-8,12,14H,5-6H2,1-4H3. The molecule has 1 heterocycles. The Morgan fingerprint density at radius 3 is 2.53 bits per heavy atom. The van der Waals surface area contributed by atoms with Crippen LogP contribution in [-0.4, -0.2) is 6.54 Å². The van der Waals surface area contributed by atoms with Crippen molar-refractivity contribution >= 4 is 27.3 Å². The Morgan fingerprint density at radius 2 is 2.13 bits per heavy atom. The number of hydrogen-bond donors (Lipinski definition) is 1. The number of nitrogens with one attached hydrogen (secondary N) is 1. The highest BCUT2D eigenvalue weighted by Gasteiger charge is 2.18. The van der Waals surface area contributed by atoms with Gasteiger partial charge in [-0.15, -0.1) is 11.3 Å². The lowest BCUT2D eigenvalue weighted by Crippen LogP contribution is -2.26. The van der Waals surface area contributed by atoms with Crippen LogP contribution in [0.25, 0.3) is 0 Å². The lowest BCUT2D eigenvalue weighted by Gasteiger charge is -2.22. The Labute approximate surface area is 105 Å². The van der Waals surface area contributed by atoms with Gasteiger partial charge >= 0.3 is 0 Å². The molecule has 0 fully saturated rings. The fourth-order valence-electron chi connectivity index (χ4n) is 1.77. The Kier molecular flexibility index (Phi) is 5.30. The molecule has 1 nitrogen and oxygen atoms in total. The van der Waals surface area contributed by atoms with E-state index in [0.29, 0.717) is 12.0 Å². The first-order valence-corrected chi connectivity index (χ1v) is 7.16. The maximum absolute atomic E-state index is 3.63. The largest absolute Gasteiger partial charge is 0.310 e. The summed E-state index contributed by atoms with van der Waals surface area (Å²) in [6.45, 7) is 10.1. The van der Waals surface area contributed by atoms with E-state index in [2.05, 4.69) is 55.0 Å². The monoisotopic (exact) mass is 289 g/mol. The maximum atomic E-state index is 3.63. The van der Waals surface area contributed by atoms with Gasteiger partial charge in [0.25, 0.3) is 0 Å². The van der Waals surface area contributed by atoms with Crippen LogP contribution in [0.3, 0.4) is 0 Å². The highest BCUT2D eigenvalue weighted by Crippen LogP contribution is 2.33. The molecule has 1 atom stereocenters. The van der Waals surface area contributed by atoms with Crippen LogP contribution in [0.15, 0.2) is 9.85 Å². The van der Waals surface area contributed by atoms with Gasteiger partial charge in [-0.25, -0.2) is 0 Å². The molecule has 0 amide bonds. The van der Waals surface area contributed by atoms with Crippen LogP contribution in [0.1, 0.15) is 43.7 Å². The number of halogens is 1. The van der Waals surface area contributed by atoms with Crippen molar-refractivity contribution in [2.45, 2.75) is 40.2 Å². The minimum absolute atomic E-state index is 0.493. The summed E-state index contributed by atoms with van der Waals surface area (Å²) in [6, 6.07) is 2.75. The smallest absolute Gasteiger partial charge is 0.0704 e. The minimum atomic E-state index is 0.493. The second-order valence-electron chi connectivity index (χ2n) is 4.24. The van der Waals surface area contributed by atoms with E-state index in [1.54, 1.807) is 0 Å². The summed E-state index contributed by atoms with van der Waals surface area (Å²) >= 11 is 5.38. The Hall–Kier alpha value is 0.140. The molecule has 0 aliphatic carbocycles. The van der Waals surface area contributed by atoms with Gasteiger partial charge in [-0.05, 0) is 53.4 Å². The van der Waals surface area contributed by atoms with Gasteiger partial charge in [0.1, 0.15) is 0 Å². The summed E-state index contributed by atoms with van der Waals surface area (Å²) in [4.78, 5) is 1.42. The Bertz CT molecular complexity index is 307. The molecular formula is C12H20BrNS. The first-order chi connectivity index (χ1) is 7.06. The van der Waals surface area contributed by atoms with Gasteiger partial charge in [0.2, 0.25) is 0 Å². The fourth-order valence-corrected chi connectivity index (χ4v) is 3.53. The SMILES string of the molecule is CCCNC(c1cc(Br)sc1C)C(C)C. The molecule has 1 N–H and O–H groups in total. The summed E-state index contributed by atoms with van der Waals surface area (Å²) in [5.41, 5.74) is 1.45. The van der Waals surface area contributed by atoms with Crippen LogP contribution in [0.5, 0.6) is 0 Å². The van der Waals surface area contributed by atoms with Gasteiger partial charge < -0.3 is 5.32 Å². The van der Waals surface area contributed by atoms with Crippen LogP contribution >= 0.6 is 27.3 Å². The van der Waals surface area contributed by atoms with Gasteiger partial charge in [-0.1, -0.05) is 20.8 Å². The molecule has 0 spiro atoms. The zero-order valence-electron chi connectivity index (χ0n) is 9.93. The molecule has 1 aromatic rings. The van der Waals surface area contributed by atoms with Crippen molar-refractivity contribution in [1.82, 2.24) is 5.32 Å². The lowest BCUT2D eigenvalue weighted by molar-refractivity contribution is 0.412. The molecule has 0 bridgehead atoms. The van der Waals surface area contributed by atoms with Gasteiger partial charge in [0.15, 0.2) is 0 Å². The molecular weight excluding hydrogens is 270 g/mol. The van der Waals surface area contributed by atoms with Crippen molar-refractivity contribution < 1.29 is 0 Å². The van der Waals surface area contributed by atoms with E-state index in [4.69, 9.17) is 0 Å². The average molecular weight is 290 g/mol. The molecule has 15 heavy (non-hydrogen) atoms. The summed E-state index contributed by atoms with van der Waals surface area (Å²) in [5.74, 6) is 0.636. The van der Waals surface area contributed by atoms with E-state index in [1.807, 2.05) is 11.3 Å². The van der Waals surface area contributed by atoms with Crippen molar-refractivity contribution in [3.63, 3.8) is 0 Å². The van der Waals surface area contributed by atoms with Gasteiger partial charge in [-0.3, -0.25) is 0 Å². The molecule has 86 valence electrons. The van der Waals surface area contributed by atoms with Crippen LogP contribution in [-0.2, 0) is 0 Å². The third kappa shape index (κ3) is 3.58. The van der Waals surface area contributed by atoms with Crippen molar-refractivity contribution in [3.05, 3.63) is 20.3 Å². The molecule has 1 aromatic heterocycles. The van der Waals surface area contributed by atoms with Crippen LogP contribution in [0.2, 0.25) is 0 Å². The van der Waals surface area contributed by atoms with Crippen molar-refractivity contribution in [2.75, 3.05) is 6.54 Å². The first kappa shape index (κ1) is 13.2. The molecule has 0 radical (unpaired) electrons. The van der Waals surface area contributed by atoms with E-state index in [-0.39, 0.29) is 0 Å². The maximum Gasteiger partial charge on any atom is 0.0704 e. The van der Waals surface area contributed by atoms with E-state index >= 15 is 0 Å². The zero-order valence-corrected chi connectivity index (χ0v) is 12.3. The summed E-state index contributed by atoms with van der Waals surface area (Å²) in [6.07, 6.45) is 1.19. The van der Waals surface area contributed by atoms with E-state index < -0.39 is 0 Å². The van der Waals surface area contributed by atoms with Crippen molar-refractivity contribution in [1.29, 1.82) is 0 Å². The van der Waals surface area contributed by atoms with Crippen molar-refractivity contribution in [2.24, 2.45) is 5.92 Å². The molecule has 1 rings (SSSR count). The number of hydrogen-bond acceptors (Lipinski definition) is 2. The summed E-state index contributed by atoms with van der Waals surface area (Å²) in [5, 5.41) is 3.63. The molecule has 0 saturated carbocycles. The third-order valence-corrected chi connectivity index (χ3v) is 4.11. The third-order valence-electron chi connectivity index (χ3n) is 2.54. The van der Waals surface area contributed by atoms with Gasteiger partial charge in [0, 0.05) is 10.9 Å². The summed E-state index contributed by atoms with van der Waals surface area (Å²) in [7, 11) is 0. The van der Waals surface area contributed by atoms with Crippen LogP contribution in [0.4, 0.5) is 0 Å². The topological polar surface area (TPSA) is 12.0 Å². The van der Waals surface area contributed by atoms with Crippen molar-refractivity contribution in [3.8, 4) is 0 Å². The molecule has 0 aromatic carbocycles. The molecule has 0 aliphatic rings. The molecule has 0 aliphatic heterocycles. The van der Waals surface area contributed by atoms with Crippen LogP contribution in [0, 0.1) is 12.8 Å². The fraction of sp³-hybridized carbons (Fsp3) is 0.667. The minimum Gasteiger partial charge on any atom is -0.310 e. The number of aryl methyl sites for hydroxylation is 1. The predicted molar refractivity (Wildman–Crippen MR) is 72.6 cm³/mol. The quantitative estimate of drug-likeness (QED) is 0.841. The lowest BCUT2D eigenvalue weighted by atomic mass is 9.96. The second-order valence-corrected chi connectivity index (χ2v) is 6.87. The van der Waals surface area contributed by atoms with E-state index in [9.17, 15) is 0 Å². The Balaban J connectivity index is 2.83. The highest BCUT2D eigenvalue weighted by molar-refractivity contribution is 9.11. The number of thiophene rings is 1. The van der Waals surface area contributed by atoms with Crippen LogP contribution < -0.4 is 5.32 Å². The predicted octanol–water partition coefficient (Wildman–Crippen LogP) is 4.52. The molecule has 3 heteroatoms.